The molecule has 1 unspecified atom stereocenters. The Morgan fingerprint density at radius 3 is 2.60 bits per heavy atom. The van der Waals surface area contributed by atoms with E-state index in [0.29, 0.717) is 21.6 Å². The Kier molecular flexibility index (Phi) is 6.67. The van der Waals surface area contributed by atoms with E-state index in [0.717, 1.165) is 4.90 Å². The molecule has 9 heteroatoms. The maximum absolute atomic E-state index is 14.6. The summed E-state index contributed by atoms with van der Waals surface area (Å²) in [6, 6.07) is 11.7. The van der Waals surface area contributed by atoms with Gasteiger partial charge in [-0.1, -0.05) is 56.3 Å². The summed E-state index contributed by atoms with van der Waals surface area (Å²) in [5, 5.41) is 8.11. The lowest BCUT2D eigenvalue weighted by Crippen LogP contribution is -2.29. The summed E-state index contributed by atoms with van der Waals surface area (Å²) in [6.45, 7) is 5.83. The largest absolute Gasteiger partial charge is 0.439 e. The van der Waals surface area contributed by atoms with Crippen LogP contribution in [-0.2, 0) is 4.74 Å². The monoisotopic (exact) mass is 448 g/mol. The molecule has 1 atom stereocenters. The maximum atomic E-state index is 14.6. The highest BCUT2D eigenvalue weighted by Crippen LogP contribution is 2.39. The minimum atomic E-state index is -0.645. The van der Waals surface area contributed by atoms with E-state index < -0.39 is 23.4 Å². The molecule has 2 heterocycles. The normalized spacial score (nSPS) is 12.5. The predicted molar refractivity (Wildman–Crippen MR) is 115 cm³/mol. The van der Waals surface area contributed by atoms with Crippen molar-refractivity contribution in [3.8, 4) is 5.69 Å². The minimum Gasteiger partial charge on any atom is -0.439 e. The maximum Gasteiger partial charge on any atom is 0.407 e. The molecule has 0 radical (unpaired) electrons. The quantitative estimate of drug-likeness (QED) is 0.510. The number of nitrogens with zero attached hydrogens (tertiary/aromatic N) is 3. The average Bonchev–Trinajstić information content (AvgIpc) is 3.10. The molecule has 30 heavy (non-hydrogen) atoms. The third kappa shape index (κ3) is 5.12. The molecule has 3 rings (SSSR count). The molecule has 158 valence electrons. The summed E-state index contributed by atoms with van der Waals surface area (Å²) >= 11 is 7.24. The Hall–Kier alpha value is -2.58. The Labute approximate surface area is 183 Å². The third-order valence-corrected chi connectivity index (χ3v) is 5.38. The molecule has 6 nitrogen and oxygen atoms in total. The Balaban J connectivity index is 2.09. The van der Waals surface area contributed by atoms with Gasteiger partial charge in [-0.3, -0.25) is 0 Å². The van der Waals surface area contributed by atoms with Crippen LogP contribution in [-0.4, -0.2) is 27.9 Å². The van der Waals surface area contributed by atoms with E-state index in [1.165, 1.54) is 29.6 Å². The number of carbonyl (C=O) groups excluding carboxylic acids is 1. The summed E-state index contributed by atoms with van der Waals surface area (Å²) in [4.78, 5) is 16.8. The number of alkyl carbamates (subject to hydrolysis) is 1. The van der Waals surface area contributed by atoms with E-state index in [2.05, 4.69) is 15.4 Å². The molecule has 0 aliphatic heterocycles. The second kappa shape index (κ2) is 9.06. The smallest absolute Gasteiger partial charge is 0.407 e. The number of para-hydroxylation sites is 1. The molecule has 1 N–H and O–H groups in total. The van der Waals surface area contributed by atoms with Crippen LogP contribution in [0.5, 0.6) is 0 Å². The number of aromatic nitrogens is 3. The SMILES string of the molecule is CNC(=O)OC(c1cc(Sc2ccc(Cl)nc2)n(-c2ccccc2F)n1)C(C)(C)C. The zero-order valence-electron chi connectivity index (χ0n) is 17.0. The van der Waals surface area contributed by atoms with Gasteiger partial charge < -0.3 is 10.1 Å². The zero-order valence-corrected chi connectivity index (χ0v) is 18.6. The fourth-order valence-electron chi connectivity index (χ4n) is 2.77. The molecule has 0 aliphatic carbocycles. The van der Waals surface area contributed by atoms with E-state index in [1.54, 1.807) is 36.5 Å². The lowest BCUT2D eigenvalue weighted by Gasteiger charge is -2.28. The number of rotatable bonds is 5. The van der Waals surface area contributed by atoms with Crippen molar-refractivity contribution >= 4 is 29.5 Å². The van der Waals surface area contributed by atoms with Gasteiger partial charge in [-0.25, -0.2) is 18.9 Å². The van der Waals surface area contributed by atoms with Crippen molar-refractivity contribution in [2.45, 2.75) is 36.8 Å². The first-order valence-electron chi connectivity index (χ1n) is 9.21. The number of amides is 1. The molecule has 0 aliphatic rings. The van der Waals surface area contributed by atoms with Crippen LogP contribution >= 0.6 is 23.4 Å². The van der Waals surface area contributed by atoms with Crippen LogP contribution < -0.4 is 5.32 Å². The van der Waals surface area contributed by atoms with E-state index in [-0.39, 0.29) is 0 Å². The van der Waals surface area contributed by atoms with Crippen molar-refractivity contribution in [2.24, 2.45) is 5.41 Å². The van der Waals surface area contributed by atoms with Crippen molar-refractivity contribution in [1.82, 2.24) is 20.1 Å². The van der Waals surface area contributed by atoms with E-state index in [1.807, 2.05) is 26.8 Å². The molecule has 0 saturated carbocycles. The van der Waals surface area contributed by atoms with Gasteiger partial charge in [0.25, 0.3) is 0 Å². The first kappa shape index (κ1) is 22.1. The molecular weight excluding hydrogens is 427 g/mol. The molecule has 1 aromatic carbocycles. The summed E-state index contributed by atoms with van der Waals surface area (Å²) in [5.74, 6) is -0.414. The summed E-state index contributed by atoms with van der Waals surface area (Å²) in [6.07, 6.45) is 0.424. The van der Waals surface area contributed by atoms with Gasteiger partial charge in [0.1, 0.15) is 27.4 Å². The molecule has 0 bridgehead atoms. The first-order valence-corrected chi connectivity index (χ1v) is 10.4. The van der Waals surface area contributed by atoms with Gasteiger partial charge in [0, 0.05) is 23.6 Å². The van der Waals surface area contributed by atoms with Gasteiger partial charge in [-0.2, -0.15) is 5.10 Å². The van der Waals surface area contributed by atoms with E-state index in [9.17, 15) is 9.18 Å². The van der Waals surface area contributed by atoms with Gasteiger partial charge in [-0.05, 0) is 30.3 Å². The second-order valence-corrected chi connectivity index (χ2v) is 9.07. The standard InChI is InChI=1S/C21H22ClFN4O2S/c1-21(2,3)19(29-20(28)24-4)15-11-18(30-13-9-10-17(22)25-12-13)27(26-15)16-8-6-5-7-14(16)23/h5-12,19H,1-4H3,(H,24,28). The highest BCUT2D eigenvalue weighted by Gasteiger charge is 2.33. The van der Waals surface area contributed by atoms with Crippen LogP contribution in [0.25, 0.3) is 5.69 Å². The van der Waals surface area contributed by atoms with Gasteiger partial charge in [0.2, 0.25) is 0 Å². The zero-order chi connectivity index (χ0) is 21.9. The van der Waals surface area contributed by atoms with Gasteiger partial charge in [0.05, 0.1) is 0 Å². The fourth-order valence-corrected chi connectivity index (χ4v) is 3.77. The summed E-state index contributed by atoms with van der Waals surface area (Å²) in [7, 11) is 1.49. The lowest BCUT2D eigenvalue weighted by atomic mass is 9.87. The number of nitrogens with one attached hydrogen (secondary N) is 1. The van der Waals surface area contributed by atoms with Crippen molar-refractivity contribution in [2.75, 3.05) is 7.05 Å². The minimum absolute atomic E-state index is 0.292. The molecular formula is C21H22ClFN4O2S. The van der Waals surface area contributed by atoms with Gasteiger partial charge in [-0.15, -0.1) is 0 Å². The van der Waals surface area contributed by atoms with E-state index in [4.69, 9.17) is 16.3 Å². The fraction of sp³-hybridized carbons (Fsp3) is 0.286. The van der Waals surface area contributed by atoms with Crippen LogP contribution in [0.4, 0.5) is 9.18 Å². The van der Waals surface area contributed by atoms with Crippen molar-refractivity contribution < 1.29 is 13.9 Å². The molecule has 3 aromatic rings. The second-order valence-electron chi connectivity index (χ2n) is 7.59. The highest BCUT2D eigenvalue weighted by molar-refractivity contribution is 7.99. The summed E-state index contributed by atoms with van der Waals surface area (Å²) in [5.41, 5.74) is 0.365. The van der Waals surface area contributed by atoms with Gasteiger partial charge in [0.15, 0.2) is 6.10 Å². The average molecular weight is 449 g/mol. The van der Waals surface area contributed by atoms with Gasteiger partial charge >= 0.3 is 6.09 Å². The number of carbonyl (C=O) groups is 1. The van der Waals surface area contributed by atoms with Crippen LogP contribution in [0.1, 0.15) is 32.6 Å². The Morgan fingerprint density at radius 1 is 1.27 bits per heavy atom. The Bertz CT molecular complexity index is 1030. The molecule has 2 aromatic heterocycles. The van der Waals surface area contributed by atoms with Crippen LogP contribution in [0.15, 0.2) is 58.6 Å². The molecule has 1 amide bonds. The van der Waals surface area contributed by atoms with Crippen LogP contribution in [0, 0.1) is 11.2 Å². The number of ether oxygens (including phenoxy) is 1. The number of pyridine rings is 1. The molecule has 0 fully saturated rings. The molecule has 0 saturated heterocycles. The number of hydrogen-bond acceptors (Lipinski definition) is 5. The highest BCUT2D eigenvalue weighted by atomic mass is 35.5. The van der Waals surface area contributed by atoms with Crippen molar-refractivity contribution in [1.29, 1.82) is 0 Å². The Morgan fingerprint density at radius 2 is 2.00 bits per heavy atom. The first-order chi connectivity index (χ1) is 14.2. The predicted octanol–water partition coefficient (Wildman–Crippen LogP) is 5.65. The molecule has 0 spiro atoms. The number of halogens is 2. The lowest BCUT2D eigenvalue weighted by molar-refractivity contribution is 0.0284. The number of hydrogen-bond donors (Lipinski definition) is 1. The van der Waals surface area contributed by atoms with E-state index >= 15 is 0 Å². The van der Waals surface area contributed by atoms with Crippen molar-refractivity contribution in [3.63, 3.8) is 0 Å². The summed E-state index contributed by atoms with van der Waals surface area (Å²) < 4.78 is 21.7. The van der Waals surface area contributed by atoms with Crippen molar-refractivity contribution in [3.05, 3.63) is 65.3 Å². The van der Waals surface area contributed by atoms with Crippen LogP contribution in [0.3, 0.4) is 0 Å². The number of benzene rings is 1. The topological polar surface area (TPSA) is 69.0 Å². The van der Waals surface area contributed by atoms with Crippen LogP contribution in [0.2, 0.25) is 5.15 Å². The third-order valence-electron chi connectivity index (χ3n) is 4.18.